The van der Waals surface area contributed by atoms with Crippen LogP contribution in [0.5, 0.6) is 0 Å². The lowest BCUT2D eigenvalue weighted by atomic mass is 9.96. The van der Waals surface area contributed by atoms with Gasteiger partial charge in [0.25, 0.3) is 5.56 Å². The minimum Gasteiger partial charge on any atom is -0.477 e. The summed E-state index contributed by atoms with van der Waals surface area (Å²) in [6, 6.07) is 20.4. The zero-order valence-electron chi connectivity index (χ0n) is 19.5. The van der Waals surface area contributed by atoms with Crippen LogP contribution >= 0.6 is 0 Å². The number of carboxylic acids is 1. The molecule has 0 radical (unpaired) electrons. The van der Waals surface area contributed by atoms with Crippen LogP contribution in [0.15, 0.2) is 65.5 Å². The second-order valence-electron chi connectivity index (χ2n) is 9.54. The van der Waals surface area contributed by atoms with Gasteiger partial charge in [-0.3, -0.25) is 4.79 Å². The molecule has 1 aliphatic heterocycles. The molecule has 3 N–H and O–H groups in total. The molecular formula is C28H31N3O3. The topological polar surface area (TPSA) is 85.4 Å². The summed E-state index contributed by atoms with van der Waals surface area (Å²) in [6.07, 6.45) is 4.32. The highest BCUT2D eigenvalue weighted by molar-refractivity contribution is 5.88. The molecule has 1 unspecified atom stereocenters. The number of hydrogen-bond donors (Lipinski definition) is 3. The quantitative estimate of drug-likeness (QED) is 0.465. The number of benzene rings is 2. The van der Waals surface area contributed by atoms with Gasteiger partial charge in [0.05, 0.1) is 5.69 Å². The van der Waals surface area contributed by atoms with Crippen molar-refractivity contribution in [2.24, 2.45) is 5.92 Å². The fraction of sp³-hybridized carbons (Fsp3) is 0.357. The van der Waals surface area contributed by atoms with E-state index in [0.29, 0.717) is 18.0 Å². The van der Waals surface area contributed by atoms with Gasteiger partial charge < -0.3 is 20.3 Å². The molecule has 6 nitrogen and oxygen atoms in total. The van der Waals surface area contributed by atoms with E-state index in [1.54, 1.807) is 0 Å². The Morgan fingerprint density at radius 3 is 2.53 bits per heavy atom. The molecule has 34 heavy (non-hydrogen) atoms. The van der Waals surface area contributed by atoms with Crippen LogP contribution in [0.3, 0.4) is 0 Å². The van der Waals surface area contributed by atoms with Crippen molar-refractivity contribution < 1.29 is 9.90 Å². The number of nitrogens with one attached hydrogen (secondary N) is 2. The Labute approximate surface area is 199 Å². The maximum atomic E-state index is 12.2. The first-order chi connectivity index (χ1) is 16.5. The van der Waals surface area contributed by atoms with Crippen molar-refractivity contribution in [2.45, 2.75) is 44.7 Å². The maximum Gasteiger partial charge on any atom is 0.341 e. The van der Waals surface area contributed by atoms with Crippen LogP contribution in [0.2, 0.25) is 0 Å². The van der Waals surface area contributed by atoms with Crippen LogP contribution in [-0.4, -0.2) is 34.7 Å². The summed E-state index contributed by atoms with van der Waals surface area (Å²) in [7, 11) is 0. The molecule has 1 aliphatic carbocycles. The van der Waals surface area contributed by atoms with Crippen LogP contribution in [0.4, 0.5) is 5.69 Å². The van der Waals surface area contributed by atoms with Gasteiger partial charge in [0.15, 0.2) is 0 Å². The number of H-pyrrole nitrogens is 1. The Balaban J connectivity index is 1.27. The van der Waals surface area contributed by atoms with Crippen molar-refractivity contribution in [1.29, 1.82) is 0 Å². The Hall–Kier alpha value is -3.38. The second-order valence-corrected chi connectivity index (χ2v) is 9.54. The first-order valence-electron chi connectivity index (χ1n) is 12.1. The molecule has 6 heteroatoms. The molecule has 2 aromatic carbocycles. The van der Waals surface area contributed by atoms with Crippen molar-refractivity contribution in [3.63, 3.8) is 0 Å². The molecule has 0 spiro atoms. The van der Waals surface area contributed by atoms with Crippen LogP contribution < -0.4 is 15.8 Å². The second kappa shape index (κ2) is 9.11. The summed E-state index contributed by atoms with van der Waals surface area (Å²) in [5.74, 6) is -0.560. The Morgan fingerprint density at radius 1 is 1.15 bits per heavy atom. The van der Waals surface area contributed by atoms with Gasteiger partial charge in [-0.05, 0) is 66.5 Å². The SMILES string of the molecule is CCc1cc(C(=O)O)c(=O)[nH]c1-c1ccc(N2CCC(C3(NCc4ccccc4)CC3)C2)cc1. The number of aromatic carboxylic acids is 1. The van der Waals surface area contributed by atoms with Gasteiger partial charge >= 0.3 is 5.97 Å². The fourth-order valence-electron chi connectivity index (χ4n) is 5.29. The van der Waals surface area contributed by atoms with Gasteiger partial charge in [-0.2, -0.15) is 0 Å². The predicted molar refractivity (Wildman–Crippen MR) is 134 cm³/mol. The minimum absolute atomic E-state index is 0.213. The van der Waals surface area contributed by atoms with Gasteiger partial charge in [-0.15, -0.1) is 0 Å². The molecule has 5 rings (SSSR count). The third kappa shape index (κ3) is 4.38. The van der Waals surface area contributed by atoms with E-state index in [4.69, 9.17) is 0 Å². The lowest BCUT2D eigenvalue weighted by Crippen LogP contribution is -2.39. The minimum atomic E-state index is -1.20. The highest BCUT2D eigenvalue weighted by Gasteiger charge is 2.50. The summed E-state index contributed by atoms with van der Waals surface area (Å²) in [6.45, 7) is 4.97. The molecular weight excluding hydrogens is 426 g/mol. The smallest absolute Gasteiger partial charge is 0.341 e. The molecule has 1 atom stereocenters. The average Bonchev–Trinajstić information content (AvgIpc) is 3.49. The van der Waals surface area contributed by atoms with Gasteiger partial charge in [0, 0.05) is 30.9 Å². The van der Waals surface area contributed by atoms with Crippen molar-refractivity contribution in [2.75, 3.05) is 18.0 Å². The summed E-state index contributed by atoms with van der Waals surface area (Å²) < 4.78 is 0. The number of aromatic nitrogens is 1. The average molecular weight is 458 g/mol. The Bertz CT molecular complexity index is 1230. The largest absolute Gasteiger partial charge is 0.477 e. The number of hydrogen-bond acceptors (Lipinski definition) is 4. The number of rotatable bonds is 8. The molecule has 176 valence electrons. The molecule has 2 heterocycles. The van der Waals surface area contributed by atoms with Gasteiger partial charge in [-0.25, -0.2) is 4.79 Å². The van der Waals surface area contributed by atoms with Crippen molar-refractivity contribution in [3.05, 3.63) is 87.7 Å². The van der Waals surface area contributed by atoms with E-state index in [9.17, 15) is 14.7 Å². The van der Waals surface area contributed by atoms with Crippen LogP contribution in [0.25, 0.3) is 11.3 Å². The highest BCUT2D eigenvalue weighted by Crippen LogP contribution is 2.47. The molecule has 0 amide bonds. The van der Waals surface area contributed by atoms with Crippen LogP contribution in [-0.2, 0) is 13.0 Å². The summed E-state index contributed by atoms with van der Waals surface area (Å²) in [5, 5.41) is 13.1. The number of carboxylic acid groups (broad SMARTS) is 1. The molecule has 1 saturated carbocycles. The first kappa shape index (κ1) is 22.4. The molecule has 3 aromatic rings. The first-order valence-corrected chi connectivity index (χ1v) is 12.1. The number of pyridine rings is 1. The van der Waals surface area contributed by atoms with Gasteiger partial charge in [0.1, 0.15) is 5.56 Å². The third-order valence-electron chi connectivity index (χ3n) is 7.50. The monoisotopic (exact) mass is 457 g/mol. The van der Waals surface area contributed by atoms with E-state index in [1.807, 2.05) is 19.1 Å². The molecule has 0 bridgehead atoms. The number of anilines is 1. The third-order valence-corrected chi connectivity index (χ3v) is 7.50. The van der Waals surface area contributed by atoms with E-state index < -0.39 is 11.5 Å². The van der Waals surface area contributed by atoms with Crippen molar-refractivity contribution in [1.82, 2.24) is 10.3 Å². The van der Waals surface area contributed by atoms with Gasteiger partial charge in [0.2, 0.25) is 0 Å². The zero-order valence-corrected chi connectivity index (χ0v) is 19.5. The summed E-state index contributed by atoms with van der Waals surface area (Å²) in [4.78, 5) is 28.8. The van der Waals surface area contributed by atoms with Crippen LogP contribution in [0, 0.1) is 5.92 Å². The Morgan fingerprint density at radius 2 is 1.88 bits per heavy atom. The van der Waals surface area contributed by atoms with Crippen LogP contribution in [0.1, 0.15) is 47.7 Å². The van der Waals surface area contributed by atoms with Gasteiger partial charge in [-0.1, -0.05) is 49.4 Å². The normalized spacial score (nSPS) is 18.7. The molecule has 2 fully saturated rings. The number of aromatic amines is 1. The molecule has 1 saturated heterocycles. The van der Waals surface area contributed by atoms with Crippen molar-refractivity contribution in [3.8, 4) is 11.3 Å². The number of aryl methyl sites for hydroxylation is 1. The van der Waals surface area contributed by atoms with Crippen molar-refractivity contribution >= 4 is 11.7 Å². The van der Waals surface area contributed by atoms with E-state index in [2.05, 4.69) is 57.7 Å². The Kier molecular flexibility index (Phi) is 6.00. The lowest BCUT2D eigenvalue weighted by molar-refractivity contribution is 0.0695. The van der Waals surface area contributed by atoms with E-state index >= 15 is 0 Å². The summed E-state index contributed by atoms with van der Waals surface area (Å²) >= 11 is 0. The van der Waals surface area contributed by atoms with E-state index in [1.165, 1.54) is 36.6 Å². The highest BCUT2D eigenvalue weighted by atomic mass is 16.4. The molecule has 1 aromatic heterocycles. The van der Waals surface area contributed by atoms with E-state index in [-0.39, 0.29) is 11.1 Å². The summed E-state index contributed by atoms with van der Waals surface area (Å²) in [5.41, 5.74) is 4.43. The predicted octanol–water partition coefficient (Wildman–Crippen LogP) is 4.45. The maximum absolute atomic E-state index is 12.2. The standard InChI is InChI=1S/C28H31N3O3/c1-2-20-16-24(27(33)34)26(32)30-25(20)21-8-10-23(11-9-21)31-15-12-22(18-31)28(13-14-28)29-17-19-6-4-3-5-7-19/h3-11,16,22,29H,2,12-15,17-18H2,1H3,(H,30,32)(H,33,34). The zero-order chi connectivity index (χ0) is 23.7. The number of nitrogens with zero attached hydrogens (tertiary/aromatic N) is 1. The lowest BCUT2D eigenvalue weighted by Gasteiger charge is -2.26. The van der Waals surface area contributed by atoms with E-state index in [0.717, 1.165) is 30.8 Å². The molecule has 2 aliphatic rings. The number of carbonyl (C=O) groups is 1. The fourth-order valence-corrected chi connectivity index (χ4v) is 5.29.